The Morgan fingerprint density at radius 3 is 2.59 bits per heavy atom. The molecule has 0 radical (unpaired) electrons. The summed E-state index contributed by atoms with van der Waals surface area (Å²) in [5, 5.41) is 3.10. The summed E-state index contributed by atoms with van der Waals surface area (Å²) in [5.74, 6) is 0.541. The molecule has 0 aromatic heterocycles. The number of quaternary nitrogens is 1. The van der Waals surface area contributed by atoms with E-state index in [0.29, 0.717) is 12.5 Å². The summed E-state index contributed by atoms with van der Waals surface area (Å²) in [6.45, 7) is 10.8. The average molecular weight is 305 g/mol. The maximum atomic E-state index is 12.4. The molecule has 1 saturated heterocycles. The van der Waals surface area contributed by atoms with Gasteiger partial charge in [-0.25, -0.2) is 0 Å². The monoisotopic (exact) mass is 305 g/mol. The van der Waals surface area contributed by atoms with Crippen molar-refractivity contribution in [1.29, 1.82) is 0 Å². The quantitative estimate of drug-likeness (QED) is 0.871. The van der Waals surface area contributed by atoms with Crippen molar-refractivity contribution in [2.45, 2.75) is 52.2 Å². The highest BCUT2D eigenvalue weighted by Gasteiger charge is 2.27. The number of ether oxygens (including phenoxy) is 1. The SMILES string of the molecule is CC[C@@H](C)c1ccccc1NC(=O)C[NH+]1C[C@@H](C)O[C@@H](C)C1. The standard InChI is InChI=1S/C18H28N2O2/c1-5-13(2)16-8-6-7-9-17(16)19-18(21)12-20-10-14(3)22-15(4)11-20/h6-9,13-15H,5,10-12H2,1-4H3,(H,19,21)/p+1/t13-,14-,15+/m1/s1. The van der Waals surface area contributed by atoms with Crippen molar-refractivity contribution in [3.05, 3.63) is 29.8 Å². The fourth-order valence-corrected chi connectivity index (χ4v) is 3.22. The van der Waals surface area contributed by atoms with Gasteiger partial charge in [-0.3, -0.25) is 4.79 Å². The van der Waals surface area contributed by atoms with Crippen molar-refractivity contribution in [3.8, 4) is 0 Å². The molecule has 122 valence electrons. The minimum Gasteiger partial charge on any atom is -0.364 e. The third kappa shape index (κ3) is 4.55. The summed E-state index contributed by atoms with van der Waals surface area (Å²) in [7, 11) is 0. The Morgan fingerprint density at radius 2 is 1.95 bits per heavy atom. The van der Waals surface area contributed by atoms with E-state index in [1.165, 1.54) is 10.5 Å². The lowest BCUT2D eigenvalue weighted by Gasteiger charge is -2.32. The minimum absolute atomic E-state index is 0.0899. The number of rotatable bonds is 5. The number of hydrogen-bond donors (Lipinski definition) is 2. The Labute approximate surface area is 133 Å². The maximum absolute atomic E-state index is 12.4. The third-order valence-electron chi connectivity index (χ3n) is 4.41. The van der Waals surface area contributed by atoms with Crippen LogP contribution in [0.2, 0.25) is 0 Å². The normalized spacial score (nSPS) is 26.5. The fraction of sp³-hybridized carbons (Fsp3) is 0.611. The second-order valence-corrected chi connectivity index (χ2v) is 6.54. The number of para-hydroxylation sites is 1. The molecule has 0 aliphatic carbocycles. The zero-order valence-corrected chi connectivity index (χ0v) is 14.2. The van der Waals surface area contributed by atoms with Gasteiger partial charge in [0.2, 0.25) is 0 Å². The highest BCUT2D eigenvalue weighted by molar-refractivity contribution is 5.92. The van der Waals surface area contributed by atoms with Gasteiger partial charge in [-0.05, 0) is 37.8 Å². The molecule has 4 heteroatoms. The first-order valence-corrected chi connectivity index (χ1v) is 8.37. The van der Waals surface area contributed by atoms with Gasteiger partial charge >= 0.3 is 0 Å². The second kappa shape index (κ2) is 7.75. The predicted molar refractivity (Wildman–Crippen MR) is 89.4 cm³/mol. The van der Waals surface area contributed by atoms with E-state index >= 15 is 0 Å². The molecule has 1 aromatic carbocycles. The van der Waals surface area contributed by atoms with Crippen LogP contribution in [0.1, 0.15) is 45.6 Å². The number of amides is 1. The van der Waals surface area contributed by atoms with Crippen molar-refractivity contribution in [2.24, 2.45) is 0 Å². The lowest BCUT2D eigenvalue weighted by molar-refractivity contribution is -0.907. The maximum Gasteiger partial charge on any atom is 0.279 e. The summed E-state index contributed by atoms with van der Waals surface area (Å²) in [6.07, 6.45) is 1.51. The molecule has 0 bridgehead atoms. The number of hydrogen-bond acceptors (Lipinski definition) is 2. The lowest BCUT2D eigenvalue weighted by Crippen LogP contribution is -3.16. The molecule has 1 aliphatic rings. The molecule has 0 spiro atoms. The van der Waals surface area contributed by atoms with Crippen LogP contribution in [-0.2, 0) is 9.53 Å². The molecule has 1 amide bonds. The molecule has 1 heterocycles. The smallest absolute Gasteiger partial charge is 0.279 e. The highest BCUT2D eigenvalue weighted by Crippen LogP contribution is 2.26. The topological polar surface area (TPSA) is 42.8 Å². The van der Waals surface area contributed by atoms with Crippen molar-refractivity contribution in [1.82, 2.24) is 0 Å². The van der Waals surface area contributed by atoms with Crippen LogP contribution in [0.4, 0.5) is 5.69 Å². The van der Waals surface area contributed by atoms with Gasteiger partial charge in [0, 0.05) is 5.69 Å². The first-order valence-electron chi connectivity index (χ1n) is 8.37. The molecule has 1 aliphatic heterocycles. The van der Waals surface area contributed by atoms with E-state index in [1.54, 1.807) is 0 Å². The molecular formula is C18H29N2O2+. The molecule has 1 fully saturated rings. The van der Waals surface area contributed by atoms with Gasteiger partial charge in [-0.15, -0.1) is 0 Å². The number of morpholine rings is 1. The molecule has 1 aromatic rings. The van der Waals surface area contributed by atoms with Crippen LogP contribution in [-0.4, -0.2) is 37.7 Å². The van der Waals surface area contributed by atoms with E-state index in [2.05, 4.69) is 39.1 Å². The van der Waals surface area contributed by atoms with E-state index in [0.717, 1.165) is 25.2 Å². The summed E-state index contributed by atoms with van der Waals surface area (Å²) >= 11 is 0. The van der Waals surface area contributed by atoms with E-state index in [1.807, 2.05) is 18.2 Å². The van der Waals surface area contributed by atoms with Crippen LogP contribution < -0.4 is 10.2 Å². The number of carbonyl (C=O) groups is 1. The Hall–Kier alpha value is -1.39. The molecule has 2 rings (SSSR count). The number of carbonyl (C=O) groups excluding carboxylic acids is 1. The van der Waals surface area contributed by atoms with Crippen LogP contribution in [0.25, 0.3) is 0 Å². The summed E-state index contributed by atoms with van der Waals surface area (Å²) in [6, 6.07) is 8.12. The van der Waals surface area contributed by atoms with Crippen molar-refractivity contribution >= 4 is 11.6 Å². The predicted octanol–water partition coefficient (Wildman–Crippen LogP) is 1.83. The molecule has 4 atom stereocenters. The molecule has 1 unspecified atom stereocenters. The van der Waals surface area contributed by atoms with Crippen molar-refractivity contribution in [3.63, 3.8) is 0 Å². The number of anilines is 1. The van der Waals surface area contributed by atoms with Gasteiger partial charge in [-0.1, -0.05) is 32.0 Å². The van der Waals surface area contributed by atoms with Gasteiger partial charge in [0.25, 0.3) is 5.91 Å². The molecule has 0 saturated carbocycles. The zero-order valence-electron chi connectivity index (χ0n) is 14.2. The van der Waals surface area contributed by atoms with Crippen LogP contribution in [0.3, 0.4) is 0 Å². The average Bonchev–Trinajstić information content (AvgIpc) is 2.45. The van der Waals surface area contributed by atoms with E-state index < -0.39 is 0 Å². The van der Waals surface area contributed by atoms with Gasteiger partial charge in [-0.2, -0.15) is 0 Å². The van der Waals surface area contributed by atoms with Gasteiger partial charge in [0.15, 0.2) is 6.54 Å². The number of nitrogens with one attached hydrogen (secondary N) is 2. The Balaban J connectivity index is 1.97. The van der Waals surface area contributed by atoms with Crippen molar-refractivity contribution in [2.75, 3.05) is 25.0 Å². The van der Waals surface area contributed by atoms with Crippen LogP contribution in [0.5, 0.6) is 0 Å². The van der Waals surface area contributed by atoms with Gasteiger partial charge in [0.1, 0.15) is 25.3 Å². The fourth-order valence-electron chi connectivity index (χ4n) is 3.22. The first-order chi connectivity index (χ1) is 10.5. The summed E-state index contributed by atoms with van der Waals surface area (Å²) in [4.78, 5) is 13.7. The highest BCUT2D eigenvalue weighted by atomic mass is 16.5. The van der Waals surface area contributed by atoms with E-state index in [-0.39, 0.29) is 18.1 Å². The van der Waals surface area contributed by atoms with E-state index in [4.69, 9.17) is 4.74 Å². The first kappa shape index (κ1) is 17.0. The second-order valence-electron chi connectivity index (χ2n) is 6.54. The Bertz CT molecular complexity index is 494. The largest absolute Gasteiger partial charge is 0.364 e. The van der Waals surface area contributed by atoms with E-state index in [9.17, 15) is 4.79 Å². The number of benzene rings is 1. The minimum atomic E-state index is 0.0899. The Morgan fingerprint density at radius 1 is 1.32 bits per heavy atom. The molecule has 2 N–H and O–H groups in total. The molecule has 22 heavy (non-hydrogen) atoms. The van der Waals surface area contributed by atoms with Crippen molar-refractivity contribution < 1.29 is 14.4 Å². The lowest BCUT2D eigenvalue weighted by atomic mass is 9.97. The third-order valence-corrected chi connectivity index (χ3v) is 4.41. The summed E-state index contributed by atoms with van der Waals surface area (Å²) in [5.41, 5.74) is 2.17. The van der Waals surface area contributed by atoms with Crippen LogP contribution >= 0.6 is 0 Å². The molecular weight excluding hydrogens is 276 g/mol. The van der Waals surface area contributed by atoms with Crippen LogP contribution in [0, 0.1) is 0 Å². The Kier molecular flexibility index (Phi) is 5.98. The van der Waals surface area contributed by atoms with Gasteiger partial charge in [0.05, 0.1) is 0 Å². The van der Waals surface area contributed by atoms with Gasteiger partial charge < -0.3 is 15.0 Å². The van der Waals surface area contributed by atoms with Crippen LogP contribution in [0.15, 0.2) is 24.3 Å². The molecule has 4 nitrogen and oxygen atoms in total. The summed E-state index contributed by atoms with van der Waals surface area (Å²) < 4.78 is 5.73. The zero-order chi connectivity index (χ0) is 16.1.